The molecular formula is C20H16Cl2N4O. The van der Waals surface area contributed by atoms with Crippen LogP contribution in [0.25, 0.3) is 16.6 Å². The van der Waals surface area contributed by atoms with Gasteiger partial charge in [0.25, 0.3) is 5.91 Å². The van der Waals surface area contributed by atoms with E-state index in [1.165, 1.54) is 0 Å². The molecule has 0 bridgehead atoms. The highest BCUT2D eigenvalue weighted by Gasteiger charge is 2.14. The highest BCUT2D eigenvalue weighted by molar-refractivity contribution is 6.35. The standard InChI is InChI=1S/C20H16Cl2N4O/c1-24-19(11-17(23)13-6-2-3-7-15(13)21)26-20(27)14-10-18-12(9-16(14)22)5-4-8-25-18/h2-11H,23H2,1H3,(H,24,26,27)/b17-11-. The second-order valence-corrected chi connectivity index (χ2v) is 6.49. The van der Waals surface area contributed by atoms with E-state index in [9.17, 15) is 4.79 Å². The molecule has 3 rings (SSSR count). The maximum atomic E-state index is 12.7. The smallest absolute Gasteiger partial charge is 0.258 e. The number of nitrogens with zero attached hydrogens (tertiary/aromatic N) is 2. The van der Waals surface area contributed by atoms with E-state index in [0.717, 1.165) is 5.39 Å². The Morgan fingerprint density at radius 3 is 2.63 bits per heavy atom. The molecule has 2 aromatic carbocycles. The van der Waals surface area contributed by atoms with E-state index >= 15 is 0 Å². The van der Waals surface area contributed by atoms with Crippen molar-refractivity contribution < 1.29 is 4.79 Å². The monoisotopic (exact) mass is 398 g/mol. The van der Waals surface area contributed by atoms with Crippen LogP contribution in [0.1, 0.15) is 15.9 Å². The van der Waals surface area contributed by atoms with Crippen molar-refractivity contribution in [3.63, 3.8) is 0 Å². The first kappa shape index (κ1) is 18.9. The van der Waals surface area contributed by atoms with Gasteiger partial charge in [-0.05, 0) is 24.3 Å². The minimum atomic E-state index is -0.406. The Morgan fingerprint density at radius 2 is 1.89 bits per heavy atom. The van der Waals surface area contributed by atoms with Crippen LogP contribution in [-0.2, 0) is 0 Å². The summed E-state index contributed by atoms with van der Waals surface area (Å²) in [4.78, 5) is 21.0. The molecule has 1 aromatic heterocycles. The Labute approximate surface area is 166 Å². The highest BCUT2D eigenvalue weighted by Crippen LogP contribution is 2.23. The lowest BCUT2D eigenvalue weighted by atomic mass is 10.1. The van der Waals surface area contributed by atoms with Crippen molar-refractivity contribution in [2.75, 3.05) is 7.05 Å². The molecule has 0 spiro atoms. The van der Waals surface area contributed by atoms with Gasteiger partial charge in [0.1, 0.15) is 5.84 Å². The third-order valence-corrected chi connectivity index (χ3v) is 4.54. The summed E-state index contributed by atoms with van der Waals surface area (Å²) in [6, 6.07) is 14.2. The summed E-state index contributed by atoms with van der Waals surface area (Å²) in [7, 11) is 1.55. The molecule has 0 atom stereocenters. The molecular weight excluding hydrogens is 383 g/mol. The maximum absolute atomic E-state index is 12.7. The molecule has 1 heterocycles. The lowest BCUT2D eigenvalue weighted by Gasteiger charge is -2.09. The summed E-state index contributed by atoms with van der Waals surface area (Å²) in [6.07, 6.45) is 3.20. The zero-order valence-electron chi connectivity index (χ0n) is 14.4. The molecule has 0 saturated carbocycles. The molecule has 1 amide bonds. The minimum absolute atomic E-state index is 0.287. The quantitative estimate of drug-likeness (QED) is 0.509. The molecule has 3 aromatic rings. The number of amidine groups is 1. The fourth-order valence-corrected chi connectivity index (χ4v) is 3.03. The van der Waals surface area contributed by atoms with Crippen LogP contribution in [0.4, 0.5) is 0 Å². The minimum Gasteiger partial charge on any atom is -0.398 e. The fourth-order valence-electron chi connectivity index (χ4n) is 2.53. The maximum Gasteiger partial charge on any atom is 0.258 e. The Kier molecular flexibility index (Phi) is 5.74. The zero-order valence-corrected chi connectivity index (χ0v) is 15.9. The van der Waals surface area contributed by atoms with Crippen molar-refractivity contribution in [2.24, 2.45) is 10.7 Å². The Hall–Kier alpha value is -2.89. The molecule has 0 aliphatic carbocycles. The van der Waals surface area contributed by atoms with Gasteiger partial charge in [0, 0.05) is 41.0 Å². The van der Waals surface area contributed by atoms with Gasteiger partial charge in [0.2, 0.25) is 0 Å². The topological polar surface area (TPSA) is 80.4 Å². The summed E-state index contributed by atoms with van der Waals surface area (Å²) in [5.74, 6) is -0.119. The van der Waals surface area contributed by atoms with Crippen LogP contribution in [0.3, 0.4) is 0 Å². The molecule has 0 aliphatic heterocycles. The van der Waals surface area contributed by atoms with Crippen LogP contribution in [-0.4, -0.2) is 23.8 Å². The molecule has 0 radical (unpaired) electrons. The Bertz CT molecular complexity index is 1080. The van der Waals surface area contributed by atoms with E-state index in [-0.39, 0.29) is 5.84 Å². The summed E-state index contributed by atoms with van der Waals surface area (Å²) >= 11 is 12.4. The average Bonchev–Trinajstić information content (AvgIpc) is 2.67. The predicted molar refractivity (Wildman–Crippen MR) is 111 cm³/mol. The fraction of sp³-hybridized carbons (Fsp3) is 0.0500. The van der Waals surface area contributed by atoms with Crippen LogP contribution < -0.4 is 11.1 Å². The summed E-state index contributed by atoms with van der Waals surface area (Å²) in [5, 5.41) is 4.40. The number of aromatic nitrogens is 1. The Balaban J connectivity index is 1.87. The van der Waals surface area contributed by atoms with E-state index < -0.39 is 5.91 Å². The van der Waals surface area contributed by atoms with E-state index in [0.29, 0.717) is 32.4 Å². The van der Waals surface area contributed by atoms with Crippen LogP contribution in [0, 0.1) is 0 Å². The third-order valence-electron chi connectivity index (χ3n) is 3.90. The van der Waals surface area contributed by atoms with Crippen LogP contribution >= 0.6 is 23.2 Å². The van der Waals surface area contributed by atoms with Gasteiger partial charge >= 0.3 is 0 Å². The Morgan fingerprint density at radius 1 is 1.11 bits per heavy atom. The normalized spacial score (nSPS) is 12.3. The summed E-state index contributed by atoms with van der Waals surface area (Å²) in [6.45, 7) is 0. The summed E-state index contributed by atoms with van der Waals surface area (Å²) in [5.41, 5.74) is 8.11. The molecule has 0 fully saturated rings. The van der Waals surface area contributed by atoms with Gasteiger partial charge < -0.3 is 11.1 Å². The number of aliphatic imine (C=N–C) groups is 1. The number of hydrogen-bond acceptors (Lipinski definition) is 4. The number of hydrogen-bond donors (Lipinski definition) is 2. The number of halogens is 2. The van der Waals surface area contributed by atoms with Crippen molar-refractivity contribution in [3.8, 4) is 0 Å². The molecule has 0 unspecified atom stereocenters. The second kappa shape index (κ2) is 8.20. The predicted octanol–water partition coefficient (Wildman–Crippen LogP) is 4.30. The number of benzene rings is 2. The number of nitrogens with two attached hydrogens (primary N) is 1. The summed E-state index contributed by atoms with van der Waals surface area (Å²) < 4.78 is 0. The number of nitrogens with one attached hydrogen (secondary N) is 1. The molecule has 7 heteroatoms. The second-order valence-electron chi connectivity index (χ2n) is 5.67. The number of amides is 1. The molecule has 0 aliphatic rings. The van der Waals surface area contributed by atoms with Gasteiger partial charge in [-0.15, -0.1) is 0 Å². The van der Waals surface area contributed by atoms with E-state index in [1.807, 2.05) is 24.3 Å². The molecule has 136 valence electrons. The van der Waals surface area contributed by atoms with E-state index in [2.05, 4.69) is 15.3 Å². The van der Waals surface area contributed by atoms with E-state index in [1.54, 1.807) is 43.6 Å². The van der Waals surface area contributed by atoms with Crippen molar-refractivity contribution in [3.05, 3.63) is 82.0 Å². The lowest BCUT2D eigenvalue weighted by molar-refractivity contribution is 0.0977. The largest absolute Gasteiger partial charge is 0.398 e. The molecule has 27 heavy (non-hydrogen) atoms. The van der Waals surface area contributed by atoms with Gasteiger partial charge in [-0.2, -0.15) is 0 Å². The van der Waals surface area contributed by atoms with Crippen molar-refractivity contribution >= 4 is 51.5 Å². The first-order valence-electron chi connectivity index (χ1n) is 8.04. The van der Waals surface area contributed by atoms with Crippen LogP contribution in [0.5, 0.6) is 0 Å². The zero-order chi connectivity index (χ0) is 19.4. The first-order chi connectivity index (χ1) is 13.0. The van der Waals surface area contributed by atoms with Crippen LogP contribution in [0.2, 0.25) is 10.0 Å². The molecule has 5 nitrogen and oxygen atoms in total. The van der Waals surface area contributed by atoms with Gasteiger partial charge in [-0.3, -0.25) is 14.8 Å². The van der Waals surface area contributed by atoms with Crippen molar-refractivity contribution in [1.82, 2.24) is 10.3 Å². The average molecular weight is 399 g/mol. The number of carbonyl (C=O) groups is 1. The third kappa shape index (κ3) is 4.27. The van der Waals surface area contributed by atoms with Crippen molar-refractivity contribution in [2.45, 2.75) is 0 Å². The van der Waals surface area contributed by atoms with Gasteiger partial charge in [0.15, 0.2) is 0 Å². The van der Waals surface area contributed by atoms with Gasteiger partial charge in [0.05, 0.1) is 16.1 Å². The number of fused-ring (bicyclic) bond motifs is 1. The lowest BCUT2D eigenvalue weighted by Crippen LogP contribution is -2.30. The van der Waals surface area contributed by atoms with Gasteiger partial charge in [-0.1, -0.05) is 47.5 Å². The van der Waals surface area contributed by atoms with Crippen molar-refractivity contribution in [1.29, 1.82) is 0 Å². The number of rotatable bonds is 3. The SMILES string of the molecule is CN=C(/C=C(\N)c1ccccc1Cl)NC(=O)c1cc2ncccc2cc1Cl. The molecule has 3 N–H and O–H groups in total. The molecule has 0 saturated heterocycles. The number of carbonyl (C=O) groups excluding carboxylic acids is 1. The van der Waals surface area contributed by atoms with Gasteiger partial charge in [-0.25, -0.2) is 0 Å². The van der Waals surface area contributed by atoms with Crippen LogP contribution in [0.15, 0.2) is 65.8 Å². The number of pyridine rings is 1. The first-order valence-corrected chi connectivity index (χ1v) is 8.79. The highest BCUT2D eigenvalue weighted by atomic mass is 35.5. The van der Waals surface area contributed by atoms with E-state index in [4.69, 9.17) is 28.9 Å².